The number of rotatable bonds is 2. The average Bonchev–Trinajstić information content (AvgIpc) is 2.44. The molecule has 1 amide bonds. The number of carbonyl (C=O) groups excluding carboxylic acids is 1. The molecule has 1 heterocycles. The second kappa shape index (κ2) is 4.09. The third-order valence-electron chi connectivity index (χ3n) is 2.79. The molecule has 0 aromatic rings. The summed E-state index contributed by atoms with van der Waals surface area (Å²) >= 11 is 0. The van der Waals surface area contributed by atoms with Crippen molar-refractivity contribution in [1.29, 1.82) is 5.26 Å². The van der Waals surface area contributed by atoms with Crippen LogP contribution in [-0.4, -0.2) is 22.9 Å². The molecule has 0 radical (unpaired) electrons. The Labute approximate surface area is 91.0 Å². The van der Waals surface area contributed by atoms with Crippen molar-refractivity contribution in [3.05, 3.63) is 0 Å². The summed E-state index contributed by atoms with van der Waals surface area (Å²) in [5, 5.41) is 9.02. The highest BCUT2D eigenvalue weighted by Gasteiger charge is 2.37. The van der Waals surface area contributed by atoms with E-state index in [2.05, 4.69) is 27.0 Å². The molecule has 0 aliphatic carbocycles. The summed E-state index contributed by atoms with van der Waals surface area (Å²) in [5.74, 6) is -0.382. The molecular formula is C11H19N3O. The van der Waals surface area contributed by atoms with Crippen LogP contribution in [0.2, 0.25) is 0 Å². The molecule has 4 heteroatoms. The molecule has 0 aromatic carbocycles. The van der Waals surface area contributed by atoms with Gasteiger partial charge in [-0.1, -0.05) is 20.8 Å². The minimum Gasteiger partial charge on any atom is -0.368 e. The highest BCUT2D eigenvalue weighted by Crippen LogP contribution is 2.32. The molecule has 84 valence electrons. The van der Waals surface area contributed by atoms with Crippen LogP contribution in [0.4, 0.5) is 0 Å². The molecule has 0 spiro atoms. The molecule has 1 saturated heterocycles. The molecule has 1 fully saturated rings. The first-order valence-electron chi connectivity index (χ1n) is 5.32. The molecule has 0 saturated carbocycles. The maximum absolute atomic E-state index is 11.1. The number of nitrogens with two attached hydrogens (primary N) is 1. The van der Waals surface area contributed by atoms with Gasteiger partial charge < -0.3 is 5.73 Å². The molecule has 15 heavy (non-hydrogen) atoms. The first kappa shape index (κ1) is 11.8. The van der Waals surface area contributed by atoms with E-state index >= 15 is 0 Å². The van der Waals surface area contributed by atoms with E-state index in [9.17, 15) is 4.79 Å². The number of amides is 1. The quantitative estimate of drug-likeness (QED) is 0.695. The van der Waals surface area contributed by atoms with Crippen molar-refractivity contribution in [2.24, 2.45) is 11.1 Å². The predicted octanol–water partition coefficient (Wildman–Crippen LogP) is 1.22. The fraction of sp³-hybridized carbons (Fsp3) is 0.818. The summed E-state index contributed by atoms with van der Waals surface area (Å²) < 4.78 is 0. The highest BCUT2D eigenvalue weighted by molar-refractivity contribution is 5.80. The fourth-order valence-electron chi connectivity index (χ4n) is 2.22. The van der Waals surface area contributed by atoms with Gasteiger partial charge in [-0.3, -0.25) is 9.69 Å². The second-order valence-corrected chi connectivity index (χ2v) is 5.42. The number of nitrogens with zero attached hydrogens (tertiary/aromatic N) is 2. The minimum atomic E-state index is -0.387. The van der Waals surface area contributed by atoms with Crippen molar-refractivity contribution >= 4 is 5.91 Å². The second-order valence-electron chi connectivity index (χ2n) is 5.42. The van der Waals surface area contributed by atoms with Crippen LogP contribution >= 0.6 is 0 Å². The zero-order valence-corrected chi connectivity index (χ0v) is 9.66. The van der Waals surface area contributed by atoms with Gasteiger partial charge >= 0.3 is 0 Å². The van der Waals surface area contributed by atoms with Gasteiger partial charge in [-0.25, -0.2) is 0 Å². The topological polar surface area (TPSA) is 70.1 Å². The van der Waals surface area contributed by atoms with E-state index < -0.39 is 0 Å². The lowest BCUT2D eigenvalue weighted by Crippen LogP contribution is -2.41. The fourth-order valence-corrected chi connectivity index (χ4v) is 2.22. The monoisotopic (exact) mass is 209 g/mol. The first-order valence-corrected chi connectivity index (χ1v) is 5.32. The van der Waals surface area contributed by atoms with Crippen molar-refractivity contribution in [1.82, 2.24) is 4.90 Å². The Kier molecular flexibility index (Phi) is 3.23. The van der Waals surface area contributed by atoms with Crippen molar-refractivity contribution in [3.8, 4) is 6.19 Å². The number of nitriles is 1. The summed E-state index contributed by atoms with van der Waals surface area (Å²) in [6.07, 6.45) is 4.62. The molecule has 1 aliphatic heterocycles. The van der Waals surface area contributed by atoms with Crippen LogP contribution in [0.1, 0.15) is 40.0 Å². The third kappa shape index (κ3) is 2.85. The lowest BCUT2D eigenvalue weighted by atomic mass is 9.87. The van der Waals surface area contributed by atoms with Crippen molar-refractivity contribution in [3.63, 3.8) is 0 Å². The molecule has 2 unspecified atom stereocenters. The summed E-state index contributed by atoms with van der Waals surface area (Å²) in [5.41, 5.74) is 5.43. The maximum Gasteiger partial charge on any atom is 0.240 e. The van der Waals surface area contributed by atoms with Gasteiger partial charge in [0.2, 0.25) is 5.91 Å². The summed E-state index contributed by atoms with van der Waals surface area (Å²) in [4.78, 5) is 12.7. The molecule has 2 atom stereocenters. The van der Waals surface area contributed by atoms with Crippen LogP contribution < -0.4 is 5.73 Å². The smallest absolute Gasteiger partial charge is 0.240 e. The van der Waals surface area contributed by atoms with Gasteiger partial charge in [-0.2, -0.15) is 5.26 Å². The lowest BCUT2D eigenvalue weighted by Gasteiger charge is -2.28. The first-order chi connectivity index (χ1) is 6.85. The van der Waals surface area contributed by atoms with Gasteiger partial charge in [0.15, 0.2) is 6.19 Å². The summed E-state index contributed by atoms with van der Waals surface area (Å²) in [7, 11) is 0. The Morgan fingerprint density at radius 3 is 2.53 bits per heavy atom. The third-order valence-corrected chi connectivity index (χ3v) is 2.79. The predicted molar refractivity (Wildman–Crippen MR) is 57.5 cm³/mol. The Balaban J connectivity index is 2.70. The molecule has 4 nitrogen and oxygen atoms in total. The SMILES string of the molecule is CC(C)(C)CC1CCC(C(N)=O)N1C#N. The van der Waals surface area contributed by atoms with Gasteiger partial charge in [-0.15, -0.1) is 0 Å². The molecular weight excluding hydrogens is 190 g/mol. The molecule has 0 aromatic heterocycles. The van der Waals surface area contributed by atoms with E-state index in [1.807, 2.05) is 0 Å². The number of hydrogen-bond donors (Lipinski definition) is 1. The molecule has 1 rings (SSSR count). The number of primary amides is 1. The number of hydrogen-bond acceptors (Lipinski definition) is 3. The largest absolute Gasteiger partial charge is 0.368 e. The molecule has 2 N–H and O–H groups in total. The molecule has 0 bridgehead atoms. The number of carbonyl (C=O) groups is 1. The van der Waals surface area contributed by atoms with E-state index in [1.165, 1.54) is 0 Å². The van der Waals surface area contributed by atoms with E-state index in [4.69, 9.17) is 11.0 Å². The van der Waals surface area contributed by atoms with E-state index in [0.29, 0.717) is 6.42 Å². The Hall–Kier alpha value is -1.24. The van der Waals surface area contributed by atoms with Gasteiger partial charge in [0.05, 0.1) is 0 Å². The Bertz CT molecular complexity index is 287. The zero-order chi connectivity index (χ0) is 11.6. The summed E-state index contributed by atoms with van der Waals surface area (Å²) in [6, 6.07) is -0.213. The van der Waals surface area contributed by atoms with Crippen LogP contribution in [0, 0.1) is 16.9 Å². The van der Waals surface area contributed by atoms with Crippen LogP contribution in [0.15, 0.2) is 0 Å². The normalized spacial score (nSPS) is 26.4. The van der Waals surface area contributed by atoms with Gasteiger partial charge in [0.25, 0.3) is 0 Å². The van der Waals surface area contributed by atoms with E-state index in [0.717, 1.165) is 12.8 Å². The van der Waals surface area contributed by atoms with Crippen LogP contribution in [-0.2, 0) is 4.79 Å². The number of likely N-dealkylation sites (tertiary alicyclic amines) is 1. The van der Waals surface area contributed by atoms with Gasteiger partial charge in [0, 0.05) is 6.04 Å². The zero-order valence-electron chi connectivity index (χ0n) is 9.66. The van der Waals surface area contributed by atoms with Gasteiger partial charge in [0.1, 0.15) is 6.04 Å². The Morgan fingerprint density at radius 1 is 1.53 bits per heavy atom. The van der Waals surface area contributed by atoms with Crippen LogP contribution in [0.5, 0.6) is 0 Å². The average molecular weight is 209 g/mol. The maximum atomic E-state index is 11.1. The molecule has 1 aliphatic rings. The Morgan fingerprint density at radius 2 is 2.13 bits per heavy atom. The van der Waals surface area contributed by atoms with Crippen molar-refractivity contribution in [2.75, 3.05) is 0 Å². The van der Waals surface area contributed by atoms with Crippen molar-refractivity contribution < 1.29 is 4.79 Å². The lowest BCUT2D eigenvalue weighted by molar-refractivity contribution is -0.121. The van der Waals surface area contributed by atoms with Crippen LogP contribution in [0.3, 0.4) is 0 Å². The summed E-state index contributed by atoms with van der Waals surface area (Å²) in [6.45, 7) is 6.42. The van der Waals surface area contributed by atoms with Crippen molar-refractivity contribution in [2.45, 2.75) is 52.1 Å². The van der Waals surface area contributed by atoms with E-state index in [1.54, 1.807) is 4.90 Å². The van der Waals surface area contributed by atoms with Gasteiger partial charge in [-0.05, 0) is 24.7 Å². The minimum absolute atomic E-state index is 0.173. The van der Waals surface area contributed by atoms with Crippen LogP contribution in [0.25, 0.3) is 0 Å². The standard InChI is InChI=1S/C11H19N3O/c1-11(2,3)6-8-4-5-9(10(13)15)14(8)7-12/h8-9H,4-6H2,1-3H3,(H2,13,15). The van der Waals surface area contributed by atoms with E-state index in [-0.39, 0.29) is 23.4 Å². The highest BCUT2D eigenvalue weighted by atomic mass is 16.1.